The van der Waals surface area contributed by atoms with Gasteiger partial charge >= 0.3 is 6.09 Å². The van der Waals surface area contributed by atoms with E-state index in [1.54, 1.807) is 35.2 Å². The lowest BCUT2D eigenvalue weighted by atomic mass is 10.2. The van der Waals surface area contributed by atoms with Crippen LogP contribution >= 0.6 is 0 Å². The van der Waals surface area contributed by atoms with Crippen LogP contribution in [0.4, 0.5) is 10.7 Å². The molecular formula is C23H28N6O4. The number of aromatic nitrogens is 3. The van der Waals surface area contributed by atoms with Gasteiger partial charge in [-0.05, 0) is 43.2 Å². The minimum absolute atomic E-state index is 0.0313. The van der Waals surface area contributed by atoms with E-state index >= 15 is 0 Å². The number of furan rings is 1. The van der Waals surface area contributed by atoms with Crippen LogP contribution < -0.4 is 11.1 Å². The second-order valence-electron chi connectivity index (χ2n) is 7.32. The number of hydrogen-bond acceptors (Lipinski definition) is 8. The molecule has 174 valence electrons. The van der Waals surface area contributed by atoms with Gasteiger partial charge in [0.25, 0.3) is 5.91 Å². The molecule has 0 fully saturated rings. The van der Waals surface area contributed by atoms with Crippen molar-refractivity contribution in [3.05, 3.63) is 59.7 Å². The molecule has 0 bridgehead atoms. The third-order valence-electron chi connectivity index (χ3n) is 4.63. The zero-order valence-electron chi connectivity index (χ0n) is 18.8. The molecule has 3 rings (SSSR count). The van der Waals surface area contributed by atoms with E-state index in [0.29, 0.717) is 35.9 Å². The van der Waals surface area contributed by atoms with Crippen molar-refractivity contribution in [1.82, 2.24) is 25.2 Å². The first-order chi connectivity index (χ1) is 16.0. The predicted molar refractivity (Wildman–Crippen MR) is 122 cm³/mol. The van der Waals surface area contributed by atoms with Crippen LogP contribution in [0, 0.1) is 0 Å². The van der Waals surface area contributed by atoms with Crippen molar-refractivity contribution in [2.45, 2.75) is 39.8 Å². The fourth-order valence-electron chi connectivity index (χ4n) is 3.16. The maximum atomic E-state index is 12.6. The fraction of sp³-hybridized carbons (Fsp3) is 0.348. The average Bonchev–Trinajstić information content (AvgIpc) is 3.36. The molecule has 0 saturated heterocycles. The van der Waals surface area contributed by atoms with Gasteiger partial charge in [0.1, 0.15) is 18.0 Å². The number of ether oxygens (including phenoxy) is 1. The summed E-state index contributed by atoms with van der Waals surface area (Å²) < 4.78 is 10.7. The molecule has 0 aromatic carbocycles. The van der Waals surface area contributed by atoms with Gasteiger partial charge in [0, 0.05) is 13.1 Å². The lowest BCUT2D eigenvalue weighted by Crippen LogP contribution is -2.33. The summed E-state index contributed by atoms with van der Waals surface area (Å²) in [6.45, 7) is 5.56. The quantitative estimate of drug-likeness (QED) is 0.477. The molecule has 3 aromatic rings. The van der Waals surface area contributed by atoms with Crippen molar-refractivity contribution in [3.8, 4) is 11.5 Å². The highest BCUT2D eigenvalue weighted by atomic mass is 16.6. The largest absolute Gasteiger partial charge is 0.463 e. The van der Waals surface area contributed by atoms with Gasteiger partial charge < -0.3 is 25.1 Å². The smallest absolute Gasteiger partial charge is 0.410 e. The van der Waals surface area contributed by atoms with Gasteiger partial charge in [0.2, 0.25) is 5.95 Å². The van der Waals surface area contributed by atoms with E-state index in [1.165, 1.54) is 12.3 Å². The Hall–Kier alpha value is -3.95. The molecule has 0 aliphatic carbocycles. The van der Waals surface area contributed by atoms with Gasteiger partial charge in [0.15, 0.2) is 5.76 Å². The molecule has 3 N–H and O–H groups in total. The van der Waals surface area contributed by atoms with Gasteiger partial charge in [-0.1, -0.05) is 19.9 Å². The van der Waals surface area contributed by atoms with Crippen molar-refractivity contribution in [2.24, 2.45) is 0 Å². The van der Waals surface area contributed by atoms with Crippen LogP contribution in [-0.2, 0) is 17.9 Å². The van der Waals surface area contributed by atoms with Gasteiger partial charge in [-0.15, -0.1) is 0 Å². The Balaban J connectivity index is 1.58. The second-order valence-corrected chi connectivity index (χ2v) is 7.32. The molecule has 0 spiro atoms. The van der Waals surface area contributed by atoms with Crippen LogP contribution in [0.15, 0.2) is 47.1 Å². The molecule has 33 heavy (non-hydrogen) atoms. The molecule has 2 amide bonds. The number of hydrogen-bond donors (Lipinski definition) is 2. The molecule has 0 atom stereocenters. The number of carbonyl (C=O) groups excluding carboxylic acids is 2. The number of rotatable bonds is 10. The zero-order valence-corrected chi connectivity index (χ0v) is 18.8. The maximum Gasteiger partial charge on any atom is 0.410 e. The summed E-state index contributed by atoms with van der Waals surface area (Å²) in [6, 6.07) is 10.3. The summed E-state index contributed by atoms with van der Waals surface area (Å²) in [7, 11) is 0. The van der Waals surface area contributed by atoms with Crippen molar-refractivity contribution < 1.29 is 18.7 Å². The minimum Gasteiger partial charge on any atom is -0.463 e. The van der Waals surface area contributed by atoms with Crippen LogP contribution in [0.3, 0.4) is 0 Å². The van der Waals surface area contributed by atoms with E-state index in [-0.39, 0.29) is 30.9 Å². The fourth-order valence-corrected chi connectivity index (χ4v) is 3.16. The monoisotopic (exact) mass is 452 g/mol. The zero-order chi connectivity index (χ0) is 23.6. The number of nitrogens with zero attached hydrogens (tertiary/aromatic N) is 4. The predicted octanol–water partition coefficient (Wildman–Crippen LogP) is 3.40. The topological polar surface area (TPSA) is 136 Å². The van der Waals surface area contributed by atoms with Crippen LogP contribution in [0.5, 0.6) is 0 Å². The SMILES string of the molecule is CCCN(CCC)C(=O)OCc1cccc(CNC(=O)c2cc(-c3ccco3)nc(N)n2)n1. The summed E-state index contributed by atoms with van der Waals surface area (Å²) in [5.74, 6) is 0.0278. The normalized spacial score (nSPS) is 10.6. The molecule has 3 aromatic heterocycles. The Morgan fingerprint density at radius 3 is 2.52 bits per heavy atom. The maximum absolute atomic E-state index is 12.6. The van der Waals surface area contributed by atoms with Gasteiger partial charge in [-0.2, -0.15) is 0 Å². The first-order valence-corrected chi connectivity index (χ1v) is 10.8. The van der Waals surface area contributed by atoms with E-state index in [9.17, 15) is 9.59 Å². The summed E-state index contributed by atoms with van der Waals surface area (Å²) in [6.07, 6.45) is 2.88. The molecule has 10 heteroatoms. The highest BCUT2D eigenvalue weighted by molar-refractivity contribution is 5.93. The van der Waals surface area contributed by atoms with Gasteiger partial charge in [0.05, 0.1) is 24.2 Å². The number of nitrogen functional groups attached to an aromatic ring is 1. The number of nitrogens with one attached hydrogen (secondary N) is 1. The summed E-state index contributed by atoms with van der Waals surface area (Å²) in [5, 5.41) is 2.76. The molecular weight excluding hydrogens is 424 g/mol. The molecule has 10 nitrogen and oxygen atoms in total. The minimum atomic E-state index is -0.426. The van der Waals surface area contributed by atoms with Crippen molar-refractivity contribution >= 4 is 17.9 Å². The molecule has 0 radical (unpaired) electrons. The number of anilines is 1. The number of nitrogens with two attached hydrogens (primary N) is 1. The Kier molecular flexibility index (Phi) is 8.34. The molecule has 0 aliphatic heterocycles. The van der Waals surface area contributed by atoms with E-state index in [2.05, 4.69) is 20.3 Å². The van der Waals surface area contributed by atoms with Crippen LogP contribution in [0.25, 0.3) is 11.5 Å². The van der Waals surface area contributed by atoms with E-state index in [0.717, 1.165) is 12.8 Å². The number of pyridine rings is 1. The van der Waals surface area contributed by atoms with Crippen molar-refractivity contribution in [3.63, 3.8) is 0 Å². The lowest BCUT2D eigenvalue weighted by Gasteiger charge is -2.20. The van der Waals surface area contributed by atoms with Crippen LogP contribution in [-0.4, -0.2) is 44.9 Å². The Bertz CT molecular complexity index is 1060. The Labute approximate surface area is 192 Å². The molecule has 3 heterocycles. The van der Waals surface area contributed by atoms with Crippen molar-refractivity contribution in [2.75, 3.05) is 18.8 Å². The third-order valence-corrected chi connectivity index (χ3v) is 4.63. The van der Waals surface area contributed by atoms with Gasteiger partial charge in [-0.3, -0.25) is 9.78 Å². The average molecular weight is 453 g/mol. The molecule has 0 aliphatic rings. The Morgan fingerprint density at radius 2 is 1.82 bits per heavy atom. The second kappa shape index (κ2) is 11.6. The van der Waals surface area contributed by atoms with E-state index in [1.807, 2.05) is 13.8 Å². The standard InChI is InChI=1S/C23H28N6O4/c1-3-10-29(11-4-2)23(31)33-15-17-8-5-7-16(26-17)14-25-21(30)19-13-18(27-22(24)28-19)20-9-6-12-32-20/h5-9,12-13H,3-4,10-11,14-15H2,1-2H3,(H,25,30)(H2,24,27,28). The van der Waals surface area contributed by atoms with E-state index < -0.39 is 5.91 Å². The first-order valence-electron chi connectivity index (χ1n) is 10.8. The Morgan fingerprint density at radius 1 is 1.06 bits per heavy atom. The summed E-state index contributed by atoms with van der Waals surface area (Å²) in [4.78, 5) is 39.1. The molecule has 0 saturated carbocycles. The number of carbonyl (C=O) groups is 2. The first kappa shape index (κ1) is 23.7. The van der Waals surface area contributed by atoms with Crippen molar-refractivity contribution in [1.29, 1.82) is 0 Å². The highest BCUT2D eigenvalue weighted by Crippen LogP contribution is 2.19. The molecule has 0 unspecified atom stereocenters. The lowest BCUT2D eigenvalue weighted by molar-refractivity contribution is 0.0945. The summed E-state index contributed by atoms with van der Waals surface area (Å²) >= 11 is 0. The van der Waals surface area contributed by atoms with Crippen LogP contribution in [0.2, 0.25) is 0 Å². The van der Waals surface area contributed by atoms with E-state index in [4.69, 9.17) is 14.9 Å². The van der Waals surface area contributed by atoms with Gasteiger partial charge in [-0.25, -0.2) is 14.8 Å². The van der Waals surface area contributed by atoms with Crippen LogP contribution in [0.1, 0.15) is 48.6 Å². The number of amides is 2. The third kappa shape index (κ3) is 6.76. The summed E-state index contributed by atoms with van der Waals surface area (Å²) in [5.41, 5.74) is 7.49. The highest BCUT2D eigenvalue weighted by Gasteiger charge is 2.15.